The second kappa shape index (κ2) is 8.35. The molecule has 2 aliphatic heterocycles. The number of ether oxygens (including phenoxy) is 2. The van der Waals surface area contributed by atoms with Crippen LogP contribution in [-0.2, 0) is 16.1 Å². The highest BCUT2D eigenvalue weighted by Gasteiger charge is 2.22. The number of furan rings is 1. The van der Waals surface area contributed by atoms with Crippen LogP contribution in [0.2, 0.25) is 0 Å². The molecule has 1 saturated heterocycles. The molecule has 148 valence electrons. The van der Waals surface area contributed by atoms with E-state index in [1.807, 2.05) is 12.1 Å². The number of amides is 2. The molecule has 3 heterocycles. The second-order valence-electron chi connectivity index (χ2n) is 7.03. The Bertz CT molecular complexity index is 828. The van der Waals surface area contributed by atoms with Gasteiger partial charge in [0.2, 0.25) is 6.79 Å². The largest absolute Gasteiger partial charge is 0.468 e. The topological polar surface area (TPSA) is 93.0 Å². The van der Waals surface area contributed by atoms with Crippen LogP contribution in [0.15, 0.2) is 41.0 Å². The van der Waals surface area contributed by atoms with Crippen molar-refractivity contribution in [2.24, 2.45) is 5.92 Å². The summed E-state index contributed by atoms with van der Waals surface area (Å²) in [5.41, 5.74) is 0.496. The zero-order chi connectivity index (χ0) is 19.3. The number of benzene rings is 1. The van der Waals surface area contributed by atoms with Gasteiger partial charge in [-0.15, -0.1) is 0 Å². The Hall–Kier alpha value is -3.00. The lowest BCUT2D eigenvalue weighted by atomic mass is 9.96. The molecule has 0 unspecified atom stereocenters. The molecule has 28 heavy (non-hydrogen) atoms. The third kappa shape index (κ3) is 4.45. The van der Waals surface area contributed by atoms with Gasteiger partial charge in [0, 0.05) is 18.3 Å². The minimum absolute atomic E-state index is 0.160. The van der Waals surface area contributed by atoms with Crippen LogP contribution in [0.4, 0.5) is 5.69 Å². The molecule has 0 aliphatic carbocycles. The van der Waals surface area contributed by atoms with Gasteiger partial charge in [0.25, 0.3) is 0 Å². The molecule has 1 aromatic carbocycles. The monoisotopic (exact) mass is 385 g/mol. The van der Waals surface area contributed by atoms with Crippen LogP contribution in [-0.4, -0.2) is 43.1 Å². The summed E-state index contributed by atoms with van der Waals surface area (Å²) in [5, 5.41) is 5.33. The Balaban J connectivity index is 1.18. The first-order chi connectivity index (χ1) is 13.7. The first kappa shape index (κ1) is 18.4. The summed E-state index contributed by atoms with van der Waals surface area (Å²) < 4.78 is 15.9. The van der Waals surface area contributed by atoms with Gasteiger partial charge in [0.15, 0.2) is 11.5 Å². The molecule has 2 amide bonds. The van der Waals surface area contributed by atoms with E-state index in [1.165, 1.54) is 0 Å². The van der Waals surface area contributed by atoms with Crippen LogP contribution >= 0.6 is 0 Å². The quantitative estimate of drug-likeness (QED) is 0.765. The first-order valence-electron chi connectivity index (χ1n) is 9.41. The summed E-state index contributed by atoms with van der Waals surface area (Å²) in [4.78, 5) is 26.5. The van der Waals surface area contributed by atoms with Crippen LogP contribution in [0.3, 0.4) is 0 Å². The molecular formula is C20H23N3O5. The number of carbonyl (C=O) groups is 2. The van der Waals surface area contributed by atoms with Gasteiger partial charge in [0.1, 0.15) is 5.76 Å². The molecule has 1 aromatic heterocycles. The molecule has 0 bridgehead atoms. The Morgan fingerprint density at radius 2 is 1.89 bits per heavy atom. The lowest BCUT2D eigenvalue weighted by Gasteiger charge is -2.31. The third-order valence-corrected chi connectivity index (χ3v) is 5.05. The smallest absolute Gasteiger partial charge is 0.313 e. The second-order valence-corrected chi connectivity index (χ2v) is 7.03. The Labute approximate surface area is 162 Å². The third-order valence-electron chi connectivity index (χ3n) is 5.05. The standard InChI is InChI=1S/C20H23N3O5/c24-19(20(25)22-15-3-4-17-18(10-15)28-13-27-17)21-11-14-5-7-23(8-6-14)12-16-2-1-9-26-16/h1-4,9-10,14H,5-8,11-13H2,(H,21,24)(H,22,25). The fraction of sp³-hybridized carbons (Fsp3) is 0.400. The fourth-order valence-electron chi connectivity index (χ4n) is 3.45. The molecule has 4 rings (SSSR count). The average molecular weight is 385 g/mol. The summed E-state index contributed by atoms with van der Waals surface area (Å²) in [6, 6.07) is 8.89. The van der Waals surface area contributed by atoms with Gasteiger partial charge >= 0.3 is 11.8 Å². The summed E-state index contributed by atoms with van der Waals surface area (Å²) in [6.45, 7) is 3.37. The van der Waals surface area contributed by atoms with Gasteiger partial charge in [-0.1, -0.05) is 0 Å². The van der Waals surface area contributed by atoms with Crippen molar-refractivity contribution in [3.05, 3.63) is 42.4 Å². The van der Waals surface area contributed by atoms with E-state index in [0.717, 1.165) is 38.2 Å². The van der Waals surface area contributed by atoms with Crippen molar-refractivity contribution in [1.82, 2.24) is 10.2 Å². The van der Waals surface area contributed by atoms with Crippen LogP contribution in [0.1, 0.15) is 18.6 Å². The number of nitrogens with zero attached hydrogens (tertiary/aromatic N) is 1. The van der Waals surface area contributed by atoms with Crippen LogP contribution in [0.5, 0.6) is 11.5 Å². The van der Waals surface area contributed by atoms with E-state index in [9.17, 15) is 9.59 Å². The van der Waals surface area contributed by atoms with Crippen molar-refractivity contribution < 1.29 is 23.5 Å². The number of hydrogen-bond donors (Lipinski definition) is 2. The van der Waals surface area contributed by atoms with Crippen LogP contribution in [0, 0.1) is 5.92 Å². The number of anilines is 1. The number of likely N-dealkylation sites (tertiary alicyclic amines) is 1. The van der Waals surface area contributed by atoms with Crippen molar-refractivity contribution in [2.75, 3.05) is 31.7 Å². The molecule has 2 aromatic rings. The SMILES string of the molecule is O=C(NCC1CCN(Cc2ccco2)CC1)C(=O)Nc1ccc2c(c1)OCO2. The highest BCUT2D eigenvalue weighted by Crippen LogP contribution is 2.34. The maximum atomic E-state index is 12.1. The van der Waals surface area contributed by atoms with E-state index >= 15 is 0 Å². The van der Waals surface area contributed by atoms with E-state index < -0.39 is 11.8 Å². The van der Waals surface area contributed by atoms with Gasteiger partial charge < -0.3 is 24.5 Å². The zero-order valence-electron chi connectivity index (χ0n) is 15.5. The number of piperidine rings is 1. The lowest BCUT2D eigenvalue weighted by Crippen LogP contribution is -2.41. The van der Waals surface area contributed by atoms with Gasteiger partial charge in [-0.05, 0) is 56.1 Å². The van der Waals surface area contributed by atoms with Crippen LogP contribution < -0.4 is 20.1 Å². The normalized spacial score (nSPS) is 16.7. The fourth-order valence-corrected chi connectivity index (χ4v) is 3.45. The molecule has 0 spiro atoms. The van der Waals surface area contributed by atoms with E-state index in [0.29, 0.717) is 29.6 Å². The maximum Gasteiger partial charge on any atom is 0.313 e. The van der Waals surface area contributed by atoms with Gasteiger partial charge in [-0.2, -0.15) is 0 Å². The maximum absolute atomic E-state index is 12.1. The lowest BCUT2D eigenvalue weighted by molar-refractivity contribution is -0.136. The molecule has 8 nitrogen and oxygen atoms in total. The van der Waals surface area contributed by atoms with Crippen molar-refractivity contribution in [1.29, 1.82) is 0 Å². The minimum atomic E-state index is -0.686. The predicted molar refractivity (Wildman–Crippen MR) is 101 cm³/mol. The number of rotatable bonds is 5. The molecule has 0 saturated carbocycles. The molecule has 0 atom stereocenters. The van der Waals surface area contributed by atoms with E-state index in [2.05, 4.69) is 15.5 Å². The number of fused-ring (bicyclic) bond motifs is 1. The number of nitrogens with one attached hydrogen (secondary N) is 2. The van der Waals surface area contributed by atoms with Crippen molar-refractivity contribution >= 4 is 17.5 Å². The molecule has 2 N–H and O–H groups in total. The summed E-state index contributed by atoms with van der Waals surface area (Å²) >= 11 is 0. The molecule has 2 aliphatic rings. The zero-order valence-corrected chi connectivity index (χ0v) is 15.5. The highest BCUT2D eigenvalue weighted by atomic mass is 16.7. The van der Waals surface area contributed by atoms with Crippen molar-refractivity contribution in [2.45, 2.75) is 19.4 Å². The summed E-state index contributed by atoms with van der Waals surface area (Å²) in [5.74, 6) is 1.20. The summed E-state index contributed by atoms with van der Waals surface area (Å²) in [6.07, 6.45) is 3.64. The Morgan fingerprint density at radius 3 is 2.68 bits per heavy atom. The van der Waals surface area contributed by atoms with Gasteiger partial charge in [-0.3, -0.25) is 14.5 Å². The highest BCUT2D eigenvalue weighted by molar-refractivity contribution is 6.39. The molecular weight excluding hydrogens is 362 g/mol. The van der Waals surface area contributed by atoms with Gasteiger partial charge in [-0.25, -0.2) is 0 Å². The van der Waals surface area contributed by atoms with Crippen LogP contribution in [0.25, 0.3) is 0 Å². The van der Waals surface area contributed by atoms with Crippen molar-refractivity contribution in [3.8, 4) is 11.5 Å². The van der Waals surface area contributed by atoms with Gasteiger partial charge in [0.05, 0.1) is 12.8 Å². The molecule has 1 fully saturated rings. The Morgan fingerprint density at radius 1 is 1.07 bits per heavy atom. The van der Waals surface area contributed by atoms with E-state index in [1.54, 1.807) is 24.5 Å². The average Bonchev–Trinajstić information content (AvgIpc) is 3.38. The first-order valence-corrected chi connectivity index (χ1v) is 9.41. The minimum Gasteiger partial charge on any atom is -0.468 e. The van der Waals surface area contributed by atoms with E-state index in [-0.39, 0.29) is 6.79 Å². The predicted octanol–water partition coefficient (Wildman–Crippen LogP) is 1.98. The Kier molecular flexibility index (Phi) is 5.48. The van der Waals surface area contributed by atoms with Crippen molar-refractivity contribution in [3.63, 3.8) is 0 Å². The number of hydrogen-bond acceptors (Lipinski definition) is 6. The van der Waals surface area contributed by atoms with E-state index in [4.69, 9.17) is 13.9 Å². The summed E-state index contributed by atoms with van der Waals surface area (Å²) in [7, 11) is 0. The number of carbonyl (C=O) groups excluding carboxylic acids is 2. The molecule has 8 heteroatoms. The molecule has 0 radical (unpaired) electrons.